The summed E-state index contributed by atoms with van der Waals surface area (Å²) in [5.74, 6) is 0.185. The fourth-order valence-corrected chi connectivity index (χ4v) is 3.79. The largest absolute Gasteiger partial charge is 0.334 e. The fourth-order valence-electron chi connectivity index (χ4n) is 3.79. The summed E-state index contributed by atoms with van der Waals surface area (Å²) in [5.41, 5.74) is 3.65. The molecule has 1 amide bonds. The van der Waals surface area contributed by atoms with Gasteiger partial charge in [0, 0.05) is 24.5 Å². The van der Waals surface area contributed by atoms with Crippen LogP contribution in [0.1, 0.15) is 40.7 Å². The predicted molar refractivity (Wildman–Crippen MR) is 84.8 cm³/mol. The summed E-state index contributed by atoms with van der Waals surface area (Å²) in [7, 11) is 0. The molecular formula is C18H21N3O. The number of hydrogen-bond donors (Lipinski definition) is 0. The van der Waals surface area contributed by atoms with Crippen molar-refractivity contribution in [3.05, 3.63) is 53.3 Å². The highest BCUT2D eigenvalue weighted by molar-refractivity contribution is 5.95. The Bertz CT molecular complexity index is 678. The van der Waals surface area contributed by atoms with E-state index < -0.39 is 0 Å². The number of carbonyl (C=O) groups excluding carboxylic acids is 1. The minimum Gasteiger partial charge on any atom is -0.334 e. The van der Waals surface area contributed by atoms with Gasteiger partial charge < -0.3 is 4.90 Å². The summed E-state index contributed by atoms with van der Waals surface area (Å²) in [6.07, 6.45) is 9.42. The van der Waals surface area contributed by atoms with Gasteiger partial charge in [-0.15, -0.1) is 0 Å². The number of aryl methyl sites for hydroxylation is 2. The second kappa shape index (κ2) is 5.59. The Morgan fingerprint density at radius 3 is 3.00 bits per heavy atom. The minimum absolute atomic E-state index is 0.185. The van der Waals surface area contributed by atoms with Crippen LogP contribution in [0.4, 0.5) is 0 Å². The van der Waals surface area contributed by atoms with Crippen molar-refractivity contribution < 1.29 is 4.79 Å². The molecule has 0 radical (unpaired) electrons. The van der Waals surface area contributed by atoms with Crippen LogP contribution in [0.5, 0.6) is 0 Å². The molecule has 0 spiro atoms. The van der Waals surface area contributed by atoms with Gasteiger partial charge in [-0.25, -0.2) is 0 Å². The van der Waals surface area contributed by atoms with E-state index in [1.54, 1.807) is 6.20 Å². The molecule has 0 saturated carbocycles. The zero-order valence-corrected chi connectivity index (χ0v) is 12.7. The van der Waals surface area contributed by atoms with E-state index in [-0.39, 0.29) is 11.9 Å². The normalized spacial score (nSPS) is 20.4. The zero-order chi connectivity index (χ0) is 14.9. The lowest BCUT2D eigenvalue weighted by Gasteiger charge is -2.25. The first-order valence-electron chi connectivity index (χ1n) is 8.21. The molecule has 22 heavy (non-hydrogen) atoms. The Morgan fingerprint density at radius 2 is 2.14 bits per heavy atom. The van der Waals surface area contributed by atoms with Gasteiger partial charge in [-0.05, 0) is 61.4 Å². The molecule has 2 aromatic rings. The van der Waals surface area contributed by atoms with E-state index in [9.17, 15) is 4.79 Å². The third-order valence-corrected chi connectivity index (χ3v) is 4.94. The van der Waals surface area contributed by atoms with Crippen molar-refractivity contribution in [1.29, 1.82) is 0 Å². The summed E-state index contributed by atoms with van der Waals surface area (Å²) in [6.45, 7) is 1.66. The summed E-state index contributed by atoms with van der Waals surface area (Å²) in [4.78, 5) is 14.9. The van der Waals surface area contributed by atoms with Crippen LogP contribution in [0.3, 0.4) is 0 Å². The van der Waals surface area contributed by atoms with Gasteiger partial charge in [-0.3, -0.25) is 9.48 Å². The van der Waals surface area contributed by atoms with Crippen molar-refractivity contribution in [2.75, 3.05) is 6.54 Å². The average molecular weight is 295 g/mol. The van der Waals surface area contributed by atoms with Crippen molar-refractivity contribution in [3.8, 4) is 0 Å². The quantitative estimate of drug-likeness (QED) is 0.873. The number of carbonyl (C=O) groups is 1. The predicted octanol–water partition coefficient (Wildman–Crippen LogP) is 2.68. The van der Waals surface area contributed by atoms with Gasteiger partial charge in [0.1, 0.15) is 0 Å². The summed E-state index contributed by atoms with van der Waals surface area (Å²) in [5, 5.41) is 4.27. The number of likely N-dealkylation sites (tertiary alicyclic amines) is 1. The first-order chi connectivity index (χ1) is 10.8. The molecule has 114 valence electrons. The number of aromatic nitrogens is 2. The number of nitrogens with zero attached hydrogens (tertiary/aromatic N) is 3. The number of rotatable bonds is 3. The topological polar surface area (TPSA) is 38.1 Å². The second-order valence-corrected chi connectivity index (χ2v) is 6.36. The van der Waals surface area contributed by atoms with E-state index in [0.717, 1.165) is 44.3 Å². The molecule has 1 aliphatic heterocycles. The van der Waals surface area contributed by atoms with Crippen LogP contribution in [0.25, 0.3) is 0 Å². The molecule has 1 atom stereocenters. The molecule has 1 aliphatic carbocycles. The van der Waals surface area contributed by atoms with Gasteiger partial charge in [0.2, 0.25) is 0 Å². The SMILES string of the molecule is O=C(c1ccc2c(c1)CCC2)N1CCC[C@@H]1Cn1cccn1. The van der Waals surface area contributed by atoms with Crippen molar-refractivity contribution >= 4 is 5.91 Å². The Kier molecular flexibility index (Phi) is 3.45. The van der Waals surface area contributed by atoms with E-state index in [4.69, 9.17) is 0 Å². The zero-order valence-electron chi connectivity index (χ0n) is 12.7. The maximum atomic E-state index is 12.9. The van der Waals surface area contributed by atoms with Crippen LogP contribution in [0.15, 0.2) is 36.7 Å². The van der Waals surface area contributed by atoms with Crippen LogP contribution in [0, 0.1) is 0 Å². The Hall–Kier alpha value is -2.10. The molecule has 2 aliphatic rings. The van der Waals surface area contributed by atoms with Gasteiger partial charge in [-0.1, -0.05) is 6.07 Å². The molecule has 0 bridgehead atoms. The molecule has 0 N–H and O–H groups in total. The first-order valence-corrected chi connectivity index (χ1v) is 8.21. The maximum Gasteiger partial charge on any atom is 0.254 e. The van der Waals surface area contributed by atoms with Crippen LogP contribution in [-0.4, -0.2) is 33.2 Å². The lowest BCUT2D eigenvalue weighted by molar-refractivity contribution is 0.0721. The van der Waals surface area contributed by atoms with E-state index in [1.165, 1.54) is 17.5 Å². The van der Waals surface area contributed by atoms with Crippen LogP contribution >= 0.6 is 0 Å². The standard InChI is InChI=1S/C18H21N3O/c22-18(16-8-7-14-4-1-5-15(14)12-16)21-11-2-6-17(21)13-20-10-3-9-19-20/h3,7-10,12,17H,1-2,4-6,11,13H2/t17-/m1/s1. The lowest BCUT2D eigenvalue weighted by Crippen LogP contribution is -2.38. The highest BCUT2D eigenvalue weighted by Gasteiger charge is 2.30. The molecule has 1 aromatic carbocycles. The molecule has 1 saturated heterocycles. The van der Waals surface area contributed by atoms with Crippen LogP contribution in [-0.2, 0) is 19.4 Å². The van der Waals surface area contributed by atoms with E-state index >= 15 is 0 Å². The molecule has 0 unspecified atom stereocenters. The van der Waals surface area contributed by atoms with Crippen LogP contribution in [0.2, 0.25) is 0 Å². The number of fused-ring (bicyclic) bond motifs is 1. The van der Waals surface area contributed by atoms with Crippen molar-refractivity contribution in [1.82, 2.24) is 14.7 Å². The Balaban J connectivity index is 1.53. The molecule has 4 nitrogen and oxygen atoms in total. The second-order valence-electron chi connectivity index (χ2n) is 6.36. The van der Waals surface area contributed by atoms with Crippen molar-refractivity contribution in [2.45, 2.75) is 44.7 Å². The van der Waals surface area contributed by atoms with Gasteiger partial charge in [-0.2, -0.15) is 5.10 Å². The minimum atomic E-state index is 0.185. The van der Waals surface area contributed by atoms with Gasteiger partial charge >= 0.3 is 0 Å². The summed E-state index contributed by atoms with van der Waals surface area (Å²) in [6, 6.07) is 8.47. The molecule has 4 rings (SSSR count). The molecule has 4 heteroatoms. The third kappa shape index (κ3) is 2.43. The Labute approximate surface area is 130 Å². The van der Waals surface area contributed by atoms with Gasteiger partial charge in [0.15, 0.2) is 0 Å². The Morgan fingerprint density at radius 1 is 1.23 bits per heavy atom. The number of hydrogen-bond acceptors (Lipinski definition) is 2. The first kappa shape index (κ1) is 13.6. The highest BCUT2D eigenvalue weighted by atomic mass is 16.2. The van der Waals surface area contributed by atoms with Crippen molar-refractivity contribution in [3.63, 3.8) is 0 Å². The van der Waals surface area contributed by atoms with E-state index in [1.807, 2.05) is 27.9 Å². The highest BCUT2D eigenvalue weighted by Crippen LogP contribution is 2.26. The number of amides is 1. The monoisotopic (exact) mass is 295 g/mol. The molecule has 1 aromatic heterocycles. The molecule has 1 fully saturated rings. The molecule has 2 heterocycles. The summed E-state index contributed by atoms with van der Waals surface area (Å²) >= 11 is 0. The maximum absolute atomic E-state index is 12.9. The fraction of sp³-hybridized carbons (Fsp3) is 0.444. The van der Waals surface area contributed by atoms with E-state index in [2.05, 4.69) is 17.2 Å². The van der Waals surface area contributed by atoms with Crippen molar-refractivity contribution in [2.24, 2.45) is 0 Å². The average Bonchev–Trinajstić information content (AvgIpc) is 3.27. The van der Waals surface area contributed by atoms with Gasteiger partial charge in [0.05, 0.1) is 12.6 Å². The smallest absolute Gasteiger partial charge is 0.254 e. The van der Waals surface area contributed by atoms with Crippen LogP contribution < -0.4 is 0 Å². The van der Waals surface area contributed by atoms with Gasteiger partial charge in [0.25, 0.3) is 5.91 Å². The third-order valence-electron chi connectivity index (χ3n) is 4.94. The summed E-state index contributed by atoms with van der Waals surface area (Å²) < 4.78 is 1.93. The number of benzene rings is 1. The van der Waals surface area contributed by atoms with E-state index in [0.29, 0.717) is 0 Å². The molecular weight excluding hydrogens is 274 g/mol. The lowest BCUT2D eigenvalue weighted by atomic mass is 10.1.